The maximum atomic E-state index is 12.8. The summed E-state index contributed by atoms with van der Waals surface area (Å²) < 4.78 is 10.9. The van der Waals surface area contributed by atoms with Crippen molar-refractivity contribution >= 4 is 11.8 Å². The third-order valence-corrected chi connectivity index (χ3v) is 7.60. The molecule has 24 heavy (non-hydrogen) atoms. The van der Waals surface area contributed by atoms with Crippen LogP contribution in [0, 0.1) is 28.6 Å². The summed E-state index contributed by atoms with van der Waals surface area (Å²) in [4.78, 5) is 25.2. The lowest BCUT2D eigenvalue weighted by atomic mass is 9.44. The quantitative estimate of drug-likeness (QED) is 0.614. The fourth-order valence-corrected chi connectivity index (χ4v) is 6.01. The van der Waals surface area contributed by atoms with Gasteiger partial charge in [-0.15, -0.1) is 0 Å². The topological polar surface area (TPSA) is 56.5 Å². The van der Waals surface area contributed by atoms with Crippen LogP contribution in [-0.2, 0) is 9.53 Å². The number of ketones is 1. The summed E-state index contributed by atoms with van der Waals surface area (Å²) in [6.45, 7) is 6.72. The molecule has 2 heterocycles. The average Bonchev–Trinajstić information content (AvgIpc) is 3.14. The van der Waals surface area contributed by atoms with Gasteiger partial charge >= 0.3 is 5.97 Å². The number of ether oxygens (including phenoxy) is 1. The molecule has 0 aromatic carbocycles. The van der Waals surface area contributed by atoms with E-state index >= 15 is 0 Å². The third kappa shape index (κ3) is 1.98. The molecule has 0 spiro atoms. The van der Waals surface area contributed by atoms with E-state index in [4.69, 9.17) is 9.15 Å². The molecule has 3 aliphatic rings. The van der Waals surface area contributed by atoms with Crippen molar-refractivity contribution in [3.8, 4) is 0 Å². The van der Waals surface area contributed by atoms with Crippen LogP contribution in [0.25, 0.3) is 0 Å². The Balaban J connectivity index is 1.70. The van der Waals surface area contributed by atoms with Gasteiger partial charge < -0.3 is 9.15 Å². The summed E-state index contributed by atoms with van der Waals surface area (Å²) >= 11 is 0. The number of furan rings is 1. The first-order valence-electron chi connectivity index (χ1n) is 9.13. The van der Waals surface area contributed by atoms with Crippen LogP contribution in [0.15, 0.2) is 23.0 Å². The monoisotopic (exact) mass is 330 g/mol. The van der Waals surface area contributed by atoms with E-state index in [1.54, 1.807) is 12.3 Å². The number of rotatable bonds is 3. The van der Waals surface area contributed by atoms with Crippen LogP contribution in [0.3, 0.4) is 0 Å². The van der Waals surface area contributed by atoms with Crippen molar-refractivity contribution in [1.82, 2.24) is 0 Å². The van der Waals surface area contributed by atoms with E-state index < -0.39 is 0 Å². The molecule has 0 amide bonds. The molecular weight excluding hydrogens is 304 g/mol. The Hall–Kier alpha value is -1.58. The molecule has 0 radical (unpaired) electrons. The summed E-state index contributed by atoms with van der Waals surface area (Å²) in [5, 5.41) is 0. The highest BCUT2D eigenvalue weighted by molar-refractivity contribution is 5.96. The van der Waals surface area contributed by atoms with E-state index in [-0.39, 0.29) is 34.6 Å². The molecule has 4 heteroatoms. The minimum absolute atomic E-state index is 0.00943. The van der Waals surface area contributed by atoms with Gasteiger partial charge in [-0.2, -0.15) is 0 Å². The number of carbonyl (C=O) groups excluding carboxylic acids is 2. The molecule has 0 bridgehead atoms. The number of carbonyl (C=O) groups is 2. The minimum atomic E-state index is -0.118. The van der Waals surface area contributed by atoms with E-state index in [1.807, 2.05) is 0 Å². The Bertz CT molecular complexity index is 663. The molecule has 1 aromatic heterocycles. The van der Waals surface area contributed by atoms with E-state index in [2.05, 4.69) is 20.8 Å². The summed E-state index contributed by atoms with van der Waals surface area (Å²) in [6.07, 6.45) is 7.56. The first-order valence-corrected chi connectivity index (χ1v) is 9.13. The molecule has 1 aliphatic heterocycles. The summed E-state index contributed by atoms with van der Waals surface area (Å²) in [5.74, 6) is 0.843. The van der Waals surface area contributed by atoms with Gasteiger partial charge in [0.15, 0.2) is 5.78 Å². The third-order valence-electron chi connectivity index (χ3n) is 7.60. The second-order valence-electron chi connectivity index (χ2n) is 8.58. The molecule has 4 rings (SSSR count). The molecule has 130 valence electrons. The van der Waals surface area contributed by atoms with Crippen molar-refractivity contribution in [2.24, 2.45) is 28.6 Å². The second kappa shape index (κ2) is 5.21. The van der Waals surface area contributed by atoms with Crippen molar-refractivity contribution in [2.75, 3.05) is 0 Å². The Kier molecular flexibility index (Phi) is 3.45. The van der Waals surface area contributed by atoms with Crippen LogP contribution in [0.4, 0.5) is 0 Å². The molecule has 3 fully saturated rings. The number of Topliss-reactive ketones (excluding diaryl/α,β-unsaturated/α-hetero) is 1. The van der Waals surface area contributed by atoms with Gasteiger partial charge in [0, 0.05) is 11.8 Å². The van der Waals surface area contributed by atoms with E-state index in [0.29, 0.717) is 23.8 Å². The predicted molar refractivity (Wildman–Crippen MR) is 88.4 cm³/mol. The smallest absolute Gasteiger partial charge is 0.309 e. The van der Waals surface area contributed by atoms with Gasteiger partial charge in [0.2, 0.25) is 0 Å². The van der Waals surface area contributed by atoms with Gasteiger partial charge in [-0.3, -0.25) is 9.59 Å². The highest BCUT2D eigenvalue weighted by Crippen LogP contribution is 2.66. The van der Waals surface area contributed by atoms with Gasteiger partial charge in [-0.1, -0.05) is 27.2 Å². The second-order valence-corrected chi connectivity index (χ2v) is 8.58. The average molecular weight is 330 g/mol. The largest absolute Gasteiger partial charge is 0.472 e. The van der Waals surface area contributed by atoms with Gasteiger partial charge in [0.25, 0.3) is 0 Å². The highest BCUT2D eigenvalue weighted by Gasteiger charge is 2.66. The zero-order chi connectivity index (χ0) is 17.1. The molecule has 1 saturated heterocycles. The Morgan fingerprint density at radius 2 is 2.12 bits per heavy atom. The molecular formula is C20H26O4. The van der Waals surface area contributed by atoms with E-state index in [1.165, 1.54) is 6.26 Å². The van der Waals surface area contributed by atoms with Gasteiger partial charge in [0.1, 0.15) is 12.4 Å². The first kappa shape index (κ1) is 15.9. The molecule has 0 N–H and O–H groups in total. The molecule has 2 saturated carbocycles. The summed E-state index contributed by atoms with van der Waals surface area (Å²) in [5.41, 5.74) is 0.432. The van der Waals surface area contributed by atoms with Gasteiger partial charge in [-0.05, 0) is 42.6 Å². The fourth-order valence-electron chi connectivity index (χ4n) is 6.01. The summed E-state index contributed by atoms with van der Waals surface area (Å²) in [6, 6.07) is 1.75. The minimum Gasteiger partial charge on any atom is -0.472 e. The number of hydrogen-bond donors (Lipinski definition) is 0. The number of hydrogen-bond acceptors (Lipinski definition) is 4. The van der Waals surface area contributed by atoms with Crippen molar-refractivity contribution in [1.29, 1.82) is 0 Å². The molecule has 0 unspecified atom stereocenters. The molecule has 1 aromatic rings. The molecule has 2 aliphatic carbocycles. The van der Waals surface area contributed by atoms with Crippen molar-refractivity contribution in [2.45, 2.75) is 59.0 Å². The number of esters is 1. The lowest BCUT2D eigenvalue weighted by molar-refractivity contribution is -0.148. The van der Waals surface area contributed by atoms with Crippen molar-refractivity contribution < 1.29 is 18.7 Å². The van der Waals surface area contributed by atoms with Crippen LogP contribution in [0.1, 0.15) is 63.2 Å². The standard InChI is InChI=1S/C20H26O4/c1-12-9-17-20(3)14(18(22)24-17)5-4-6-16(20)19(12,2)10-15(21)13-7-8-23-11-13/h7-8,11-12,14,16-17H,4-6,9-10H2,1-3H3/t12-,14+,16+,17+,19+,20-/m0/s1. The van der Waals surface area contributed by atoms with Gasteiger partial charge in [0.05, 0.1) is 17.7 Å². The maximum Gasteiger partial charge on any atom is 0.309 e. The van der Waals surface area contributed by atoms with Gasteiger partial charge in [-0.25, -0.2) is 0 Å². The van der Waals surface area contributed by atoms with Crippen LogP contribution in [0.5, 0.6) is 0 Å². The Morgan fingerprint density at radius 3 is 2.83 bits per heavy atom. The zero-order valence-electron chi connectivity index (χ0n) is 14.7. The van der Waals surface area contributed by atoms with E-state index in [9.17, 15) is 9.59 Å². The van der Waals surface area contributed by atoms with Crippen molar-refractivity contribution in [3.05, 3.63) is 24.2 Å². The summed E-state index contributed by atoms with van der Waals surface area (Å²) in [7, 11) is 0. The molecule has 4 nitrogen and oxygen atoms in total. The van der Waals surface area contributed by atoms with Crippen molar-refractivity contribution in [3.63, 3.8) is 0 Å². The lowest BCUT2D eigenvalue weighted by Gasteiger charge is -2.58. The Labute approximate surface area is 142 Å². The van der Waals surface area contributed by atoms with Crippen LogP contribution < -0.4 is 0 Å². The lowest BCUT2D eigenvalue weighted by Crippen LogP contribution is -2.57. The fraction of sp³-hybridized carbons (Fsp3) is 0.700. The first-order chi connectivity index (χ1) is 11.4. The normalized spacial score (nSPS) is 44.0. The molecule has 6 atom stereocenters. The predicted octanol–water partition coefficient (Wildman–Crippen LogP) is 4.25. The SMILES string of the molecule is C[C@H]1C[C@H]2OC(=O)[C@H]3CCC[C@H]([C@]1(C)CC(=O)c1ccoc1)[C@]32C. The van der Waals surface area contributed by atoms with Crippen LogP contribution in [-0.4, -0.2) is 17.9 Å². The highest BCUT2D eigenvalue weighted by atomic mass is 16.6. The maximum absolute atomic E-state index is 12.8. The zero-order valence-corrected chi connectivity index (χ0v) is 14.7. The van der Waals surface area contributed by atoms with Crippen LogP contribution in [0.2, 0.25) is 0 Å². The van der Waals surface area contributed by atoms with E-state index in [0.717, 1.165) is 25.7 Å². The Morgan fingerprint density at radius 1 is 1.33 bits per heavy atom. The van der Waals surface area contributed by atoms with Crippen LogP contribution >= 0.6 is 0 Å².